The van der Waals surface area contributed by atoms with E-state index in [1.165, 1.54) is 16.7 Å². The molecule has 0 saturated carbocycles. The summed E-state index contributed by atoms with van der Waals surface area (Å²) in [6.07, 6.45) is 7.98. The zero-order valence-corrected chi connectivity index (χ0v) is 19.7. The Balaban J connectivity index is 2.02. The number of aromatic hydroxyl groups is 2. The van der Waals surface area contributed by atoms with Crippen LogP contribution >= 0.6 is 0 Å². The number of allylic oxidation sites excluding steroid dienone is 4. The largest absolute Gasteiger partial charge is 0.507 e. The van der Waals surface area contributed by atoms with Gasteiger partial charge in [-0.05, 0) is 79.0 Å². The van der Waals surface area contributed by atoms with Crippen molar-refractivity contribution in [2.45, 2.75) is 72.6 Å². The van der Waals surface area contributed by atoms with Crippen LogP contribution in [0.4, 0.5) is 0 Å². The summed E-state index contributed by atoms with van der Waals surface area (Å²) < 4.78 is 0. The molecule has 2 nitrogen and oxygen atoms in total. The van der Waals surface area contributed by atoms with Crippen LogP contribution < -0.4 is 0 Å². The molecule has 0 fully saturated rings. The molecule has 1 atom stereocenters. The predicted octanol–water partition coefficient (Wildman–Crippen LogP) is 7.09. The molecule has 2 aromatic carbocycles. The second-order valence-electron chi connectivity index (χ2n) is 9.93. The van der Waals surface area contributed by atoms with E-state index in [1.54, 1.807) is 0 Å². The molecule has 0 aromatic heterocycles. The molecule has 160 valence electrons. The van der Waals surface area contributed by atoms with Gasteiger partial charge in [-0.3, -0.25) is 0 Å². The van der Waals surface area contributed by atoms with Gasteiger partial charge in [0.2, 0.25) is 0 Å². The summed E-state index contributed by atoms with van der Waals surface area (Å²) in [6, 6.07) is 8.49. The molecule has 0 spiro atoms. The van der Waals surface area contributed by atoms with Crippen LogP contribution in [0.15, 0.2) is 48.1 Å². The second-order valence-corrected chi connectivity index (χ2v) is 9.93. The van der Waals surface area contributed by atoms with Crippen molar-refractivity contribution in [3.05, 3.63) is 81.4 Å². The van der Waals surface area contributed by atoms with E-state index in [2.05, 4.69) is 70.2 Å². The van der Waals surface area contributed by atoms with Gasteiger partial charge in [-0.15, -0.1) is 0 Å². The minimum absolute atomic E-state index is 0.0798. The van der Waals surface area contributed by atoms with Gasteiger partial charge in [-0.25, -0.2) is 0 Å². The molecule has 30 heavy (non-hydrogen) atoms. The molecule has 0 bridgehead atoms. The highest BCUT2D eigenvalue weighted by Crippen LogP contribution is 2.46. The Morgan fingerprint density at radius 2 is 1.30 bits per heavy atom. The van der Waals surface area contributed by atoms with E-state index in [1.807, 2.05) is 27.7 Å². The lowest BCUT2D eigenvalue weighted by atomic mass is 9.64. The summed E-state index contributed by atoms with van der Waals surface area (Å²) in [5.41, 5.74) is 7.27. The standard InChI is InChI=1S/C28H36O2/c1-17(2)28(24-15-20(5)26(30)21(6)16-24)11-9-22(10-12-28)27(7,8)23-13-18(3)25(29)19(4)14-23/h9-11,13-17,29-30H,12H2,1-8H3. The van der Waals surface area contributed by atoms with Crippen LogP contribution in [0.2, 0.25) is 0 Å². The smallest absolute Gasteiger partial charge is 0.121 e. The molecule has 2 heteroatoms. The average Bonchev–Trinajstić information content (AvgIpc) is 2.69. The molecule has 0 aliphatic heterocycles. The van der Waals surface area contributed by atoms with E-state index < -0.39 is 0 Å². The van der Waals surface area contributed by atoms with Crippen molar-refractivity contribution >= 4 is 0 Å². The molecule has 3 rings (SSSR count). The lowest BCUT2D eigenvalue weighted by molar-refractivity contribution is 0.379. The lowest BCUT2D eigenvalue weighted by Crippen LogP contribution is -2.33. The van der Waals surface area contributed by atoms with Crippen LogP contribution in [0.25, 0.3) is 0 Å². The Morgan fingerprint density at radius 3 is 1.70 bits per heavy atom. The van der Waals surface area contributed by atoms with Gasteiger partial charge in [0.05, 0.1) is 0 Å². The first kappa shape index (κ1) is 22.2. The van der Waals surface area contributed by atoms with Gasteiger partial charge in [0.25, 0.3) is 0 Å². The Bertz CT molecular complexity index is 991. The maximum Gasteiger partial charge on any atom is 0.121 e. The number of phenols is 2. The molecule has 1 aliphatic carbocycles. The SMILES string of the molecule is Cc1cc(C(C)(C)C2=CCC(c3cc(C)c(O)c(C)c3)(C(C)C)C=C2)cc(C)c1O. The molecule has 2 N–H and O–H groups in total. The highest BCUT2D eigenvalue weighted by Gasteiger charge is 2.37. The van der Waals surface area contributed by atoms with Crippen LogP contribution in [0.1, 0.15) is 67.5 Å². The molecule has 0 amide bonds. The fourth-order valence-corrected chi connectivity index (χ4v) is 4.80. The number of rotatable bonds is 4. The van der Waals surface area contributed by atoms with Crippen LogP contribution in [-0.2, 0) is 10.8 Å². The summed E-state index contributed by atoms with van der Waals surface area (Å²) in [7, 11) is 0. The van der Waals surface area contributed by atoms with Crippen LogP contribution in [0.5, 0.6) is 11.5 Å². The van der Waals surface area contributed by atoms with E-state index in [0.717, 1.165) is 28.7 Å². The first-order chi connectivity index (χ1) is 13.9. The first-order valence-corrected chi connectivity index (χ1v) is 10.9. The Hall–Kier alpha value is -2.48. The summed E-state index contributed by atoms with van der Waals surface area (Å²) in [5, 5.41) is 20.4. The van der Waals surface area contributed by atoms with E-state index in [-0.39, 0.29) is 10.8 Å². The second kappa shape index (κ2) is 7.65. The fourth-order valence-electron chi connectivity index (χ4n) is 4.80. The summed E-state index contributed by atoms with van der Waals surface area (Å²) in [4.78, 5) is 0. The van der Waals surface area contributed by atoms with Crippen LogP contribution in [-0.4, -0.2) is 10.2 Å². The minimum atomic E-state index is -0.149. The topological polar surface area (TPSA) is 40.5 Å². The van der Waals surface area contributed by atoms with E-state index in [0.29, 0.717) is 17.4 Å². The third kappa shape index (κ3) is 3.57. The normalized spacial score (nSPS) is 19.3. The van der Waals surface area contributed by atoms with Gasteiger partial charge in [-0.2, -0.15) is 0 Å². The first-order valence-electron chi connectivity index (χ1n) is 10.9. The van der Waals surface area contributed by atoms with Gasteiger partial charge in [0.15, 0.2) is 0 Å². The minimum Gasteiger partial charge on any atom is -0.507 e. The molecule has 1 unspecified atom stereocenters. The third-order valence-electron chi connectivity index (χ3n) is 7.21. The number of hydrogen-bond acceptors (Lipinski definition) is 2. The fraction of sp³-hybridized carbons (Fsp3) is 0.429. The molecule has 0 saturated heterocycles. The lowest BCUT2D eigenvalue weighted by Gasteiger charge is -2.40. The third-order valence-corrected chi connectivity index (χ3v) is 7.21. The van der Waals surface area contributed by atoms with Crippen molar-refractivity contribution in [1.82, 2.24) is 0 Å². The van der Waals surface area contributed by atoms with Crippen molar-refractivity contribution in [2.75, 3.05) is 0 Å². The highest BCUT2D eigenvalue weighted by molar-refractivity contribution is 5.52. The molecular formula is C28H36O2. The summed E-state index contributed by atoms with van der Waals surface area (Å²) in [5.74, 6) is 1.21. The quantitative estimate of drug-likeness (QED) is 0.571. The number of hydrogen-bond donors (Lipinski definition) is 2. The van der Waals surface area contributed by atoms with Gasteiger partial charge in [0.1, 0.15) is 11.5 Å². The average molecular weight is 405 g/mol. The zero-order chi connectivity index (χ0) is 22.4. The Kier molecular flexibility index (Phi) is 5.66. The summed E-state index contributed by atoms with van der Waals surface area (Å²) >= 11 is 0. The molecule has 1 aliphatic rings. The predicted molar refractivity (Wildman–Crippen MR) is 127 cm³/mol. The Labute approximate surface area is 182 Å². The number of phenolic OH excluding ortho intramolecular Hbond substituents is 2. The number of aryl methyl sites for hydroxylation is 4. The number of benzene rings is 2. The van der Waals surface area contributed by atoms with E-state index in [4.69, 9.17) is 0 Å². The van der Waals surface area contributed by atoms with Crippen molar-refractivity contribution in [1.29, 1.82) is 0 Å². The van der Waals surface area contributed by atoms with E-state index >= 15 is 0 Å². The van der Waals surface area contributed by atoms with Crippen molar-refractivity contribution in [3.63, 3.8) is 0 Å². The van der Waals surface area contributed by atoms with Gasteiger partial charge in [0, 0.05) is 10.8 Å². The highest BCUT2D eigenvalue weighted by atomic mass is 16.3. The van der Waals surface area contributed by atoms with Gasteiger partial charge in [-0.1, -0.05) is 70.2 Å². The van der Waals surface area contributed by atoms with Crippen molar-refractivity contribution in [3.8, 4) is 11.5 Å². The van der Waals surface area contributed by atoms with Gasteiger partial charge >= 0.3 is 0 Å². The Morgan fingerprint density at radius 1 is 0.833 bits per heavy atom. The summed E-state index contributed by atoms with van der Waals surface area (Å²) in [6.45, 7) is 16.9. The molecule has 0 heterocycles. The van der Waals surface area contributed by atoms with E-state index in [9.17, 15) is 10.2 Å². The monoisotopic (exact) mass is 404 g/mol. The van der Waals surface area contributed by atoms with Crippen LogP contribution in [0.3, 0.4) is 0 Å². The maximum absolute atomic E-state index is 10.2. The zero-order valence-electron chi connectivity index (χ0n) is 19.7. The van der Waals surface area contributed by atoms with Crippen molar-refractivity contribution < 1.29 is 10.2 Å². The molecule has 2 aromatic rings. The molecular weight excluding hydrogens is 368 g/mol. The van der Waals surface area contributed by atoms with Crippen molar-refractivity contribution in [2.24, 2.45) is 5.92 Å². The van der Waals surface area contributed by atoms with Crippen LogP contribution in [0, 0.1) is 33.6 Å². The van der Waals surface area contributed by atoms with Gasteiger partial charge < -0.3 is 10.2 Å². The maximum atomic E-state index is 10.2. The molecule has 0 radical (unpaired) electrons.